The van der Waals surface area contributed by atoms with Crippen molar-refractivity contribution in [1.29, 1.82) is 0 Å². The van der Waals surface area contributed by atoms with E-state index in [1.54, 1.807) is 0 Å². The smallest absolute Gasteiger partial charge is 0.0541 e. The Kier molecular flexibility index (Phi) is 5.24. The molecule has 190 valence electrons. The van der Waals surface area contributed by atoms with Crippen LogP contribution in [0.2, 0.25) is 0 Å². The van der Waals surface area contributed by atoms with Crippen molar-refractivity contribution in [1.82, 2.24) is 4.57 Å². The van der Waals surface area contributed by atoms with Crippen molar-refractivity contribution in [3.05, 3.63) is 150 Å². The zero-order valence-corrected chi connectivity index (χ0v) is 22.6. The summed E-state index contributed by atoms with van der Waals surface area (Å²) in [7, 11) is 0. The quantitative estimate of drug-likeness (QED) is 0.221. The molecule has 1 heteroatoms. The Labute approximate surface area is 235 Å². The SMILES string of the molecule is CCc1ccc(-c2cccc3c2Cc2ccccc2-3)cc1-c1ccc(-n2c3ccccc3c3ccccc32)cc1. The molecule has 7 aromatic rings. The van der Waals surface area contributed by atoms with Gasteiger partial charge in [0.1, 0.15) is 0 Å². The summed E-state index contributed by atoms with van der Waals surface area (Å²) in [6.45, 7) is 2.25. The molecule has 0 saturated carbocycles. The molecule has 1 aliphatic carbocycles. The van der Waals surface area contributed by atoms with E-state index >= 15 is 0 Å². The maximum Gasteiger partial charge on any atom is 0.0541 e. The highest BCUT2D eigenvalue weighted by Gasteiger charge is 2.21. The molecule has 0 radical (unpaired) electrons. The van der Waals surface area contributed by atoms with Crippen LogP contribution in [0.1, 0.15) is 23.6 Å². The molecular weight excluding hydrogens is 482 g/mol. The molecule has 0 bridgehead atoms. The Morgan fingerprint density at radius 1 is 0.525 bits per heavy atom. The average molecular weight is 512 g/mol. The zero-order chi connectivity index (χ0) is 26.6. The van der Waals surface area contributed by atoms with Crippen LogP contribution in [0, 0.1) is 0 Å². The van der Waals surface area contributed by atoms with E-state index in [1.165, 1.54) is 77.6 Å². The molecule has 6 aromatic carbocycles. The van der Waals surface area contributed by atoms with Crippen LogP contribution >= 0.6 is 0 Å². The second-order valence-electron chi connectivity index (χ2n) is 10.8. The highest BCUT2D eigenvalue weighted by molar-refractivity contribution is 6.09. The molecule has 0 fully saturated rings. The Hall–Kier alpha value is -4.88. The van der Waals surface area contributed by atoms with E-state index in [0.717, 1.165) is 12.8 Å². The van der Waals surface area contributed by atoms with Crippen LogP contribution in [0.25, 0.3) is 60.9 Å². The molecule has 8 rings (SSSR count). The van der Waals surface area contributed by atoms with E-state index in [0.29, 0.717) is 0 Å². The predicted molar refractivity (Wildman–Crippen MR) is 169 cm³/mol. The highest BCUT2D eigenvalue weighted by Crippen LogP contribution is 2.42. The molecule has 0 aliphatic heterocycles. The van der Waals surface area contributed by atoms with Gasteiger partial charge in [0, 0.05) is 16.5 Å². The van der Waals surface area contributed by atoms with Gasteiger partial charge in [-0.2, -0.15) is 0 Å². The van der Waals surface area contributed by atoms with Gasteiger partial charge < -0.3 is 4.57 Å². The molecule has 0 atom stereocenters. The molecule has 1 heterocycles. The largest absolute Gasteiger partial charge is 0.309 e. The number of nitrogens with zero attached hydrogens (tertiary/aromatic N) is 1. The maximum absolute atomic E-state index is 2.41. The summed E-state index contributed by atoms with van der Waals surface area (Å²) in [5, 5.41) is 2.58. The lowest BCUT2D eigenvalue weighted by atomic mass is 9.90. The van der Waals surface area contributed by atoms with E-state index in [2.05, 4.69) is 145 Å². The summed E-state index contributed by atoms with van der Waals surface area (Å²) in [4.78, 5) is 0. The van der Waals surface area contributed by atoms with Gasteiger partial charge in [-0.05, 0) is 93.2 Å². The molecule has 0 spiro atoms. The highest BCUT2D eigenvalue weighted by atomic mass is 15.0. The van der Waals surface area contributed by atoms with Crippen LogP contribution < -0.4 is 0 Å². The summed E-state index contributed by atoms with van der Waals surface area (Å²) >= 11 is 0. The minimum absolute atomic E-state index is 1.00. The van der Waals surface area contributed by atoms with Crippen LogP contribution in [0.3, 0.4) is 0 Å². The van der Waals surface area contributed by atoms with Crippen molar-refractivity contribution in [3.63, 3.8) is 0 Å². The Balaban J connectivity index is 1.23. The summed E-state index contributed by atoms with van der Waals surface area (Å²) < 4.78 is 2.39. The maximum atomic E-state index is 2.41. The number of aryl methyl sites for hydroxylation is 1. The van der Waals surface area contributed by atoms with E-state index in [1.807, 2.05) is 0 Å². The van der Waals surface area contributed by atoms with Crippen LogP contribution in [-0.2, 0) is 12.8 Å². The fourth-order valence-corrected chi connectivity index (χ4v) is 6.74. The van der Waals surface area contributed by atoms with Crippen LogP contribution in [0.15, 0.2) is 133 Å². The number of benzene rings is 6. The summed E-state index contributed by atoms with van der Waals surface area (Å²) in [6, 6.07) is 49.2. The fraction of sp³-hybridized carbons (Fsp3) is 0.0769. The third-order valence-corrected chi connectivity index (χ3v) is 8.67. The summed E-state index contributed by atoms with van der Waals surface area (Å²) in [5.74, 6) is 0. The number of rotatable bonds is 4. The first-order valence-corrected chi connectivity index (χ1v) is 14.2. The molecule has 1 nitrogen and oxygen atoms in total. The fourth-order valence-electron chi connectivity index (χ4n) is 6.74. The van der Waals surface area contributed by atoms with Gasteiger partial charge in [0.15, 0.2) is 0 Å². The van der Waals surface area contributed by atoms with E-state index < -0.39 is 0 Å². The van der Waals surface area contributed by atoms with Crippen LogP contribution in [0.5, 0.6) is 0 Å². The Morgan fingerprint density at radius 3 is 1.90 bits per heavy atom. The predicted octanol–water partition coefficient (Wildman–Crippen LogP) is 10.3. The van der Waals surface area contributed by atoms with Crippen molar-refractivity contribution in [2.24, 2.45) is 0 Å². The van der Waals surface area contributed by atoms with Crippen molar-refractivity contribution in [3.8, 4) is 39.1 Å². The zero-order valence-electron chi connectivity index (χ0n) is 22.6. The van der Waals surface area contributed by atoms with Gasteiger partial charge in [-0.1, -0.05) is 110 Å². The van der Waals surface area contributed by atoms with Crippen molar-refractivity contribution in [2.75, 3.05) is 0 Å². The number of hydrogen-bond acceptors (Lipinski definition) is 0. The van der Waals surface area contributed by atoms with Crippen molar-refractivity contribution in [2.45, 2.75) is 19.8 Å². The third kappa shape index (κ3) is 3.48. The number of hydrogen-bond donors (Lipinski definition) is 0. The van der Waals surface area contributed by atoms with Gasteiger partial charge >= 0.3 is 0 Å². The first kappa shape index (κ1) is 23.0. The molecule has 0 unspecified atom stereocenters. The third-order valence-electron chi connectivity index (χ3n) is 8.67. The monoisotopic (exact) mass is 511 g/mol. The molecule has 1 aromatic heterocycles. The molecular formula is C39H29N. The van der Waals surface area contributed by atoms with E-state index in [-0.39, 0.29) is 0 Å². The molecule has 0 saturated heterocycles. The molecule has 1 aliphatic rings. The number of para-hydroxylation sites is 2. The van der Waals surface area contributed by atoms with Gasteiger partial charge in [0.2, 0.25) is 0 Å². The second-order valence-corrected chi connectivity index (χ2v) is 10.8. The lowest BCUT2D eigenvalue weighted by Gasteiger charge is -2.15. The molecule has 0 amide bonds. The van der Waals surface area contributed by atoms with Gasteiger partial charge in [-0.15, -0.1) is 0 Å². The normalized spacial score (nSPS) is 12.1. The second kappa shape index (κ2) is 9.10. The Morgan fingerprint density at radius 2 is 1.15 bits per heavy atom. The summed E-state index contributed by atoms with van der Waals surface area (Å²) in [5.41, 5.74) is 15.9. The topological polar surface area (TPSA) is 4.93 Å². The molecule has 40 heavy (non-hydrogen) atoms. The minimum atomic E-state index is 1.00. The van der Waals surface area contributed by atoms with Gasteiger partial charge in [-0.25, -0.2) is 0 Å². The first-order valence-electron chi connectivity index (χ1n) is 14.2. The van der Waals surface area contributed by atoms with Crippen molar-refractivity contribution < 1.29 is 0 Å². The number of aromatic nitrogens is 1. The van der Waals surface area contributed by atoms with Crippen LogP contribution in [-0.4, -0.2) is 4.57 Å². The first-order chi connectivity index (χ1) is 19.8. The van der Waals surface area contributed by atoms with Gasteiger partial charge in [0.25, 0.3) is 0 Å². The average Bonchev–Trinajstić information content (AvgIpc) is 3.57. The van der Waals surface area contributed by atoms with Gasteiger partial charge in [0.05, 0.1) is 11.0 Å². The lowest BCUT2D eigenvalue weighted by Crippen LogP contribution is -1.95. The minimum Gasteiger partial charge on any atom is -0.309 e. The lowest BCUT2D eigenvalue weighted by molar-refractivity contribution is 1.14. The summed E-state index contributed by atoms with van der Waals surface area (Å²) in [6.07, 6.45) is 2.00. The Bertz CT molecular complexity index is 2000. The molecule has 0 N–H and O–H groups in total. The number of fused-ring (bicyclic) bond motifs is 6. The van der Waals surface area contributed by atoms with Crippen molar-refractivity contribution >= 4 is 21.8 Å². The van der Waals surface area contributed by atoms with Crippen LogP contribution in [0.4, 0.5) is 0 Å². The van der Waals surface area contributed by atoms with Gasteiger partial charge in [-0.3, -0.25) is 0 Å². The van der Waals surface area contributed by atoms with E-state index in [4.69, 9.17) is 0 Å². The standard InChI is InChI=1S/C39H29N/c1-2-26-18-19-29(32-14-9-15-33-31-11-4-3-10-28(31)25-37(32)33)24-36(26)27-20-22-30(23-21-27)40-38-16-7-5-12-34(38)35-13-6-8-17-39(35)40/h3-24H,2,25H2,1H3. The van der Waals surface area contributed by atoms with E-state index in [9.17, 15) is 0 Å².